The second-order valence-corrected chi connectivity index (χ2v) is 12.7. The van der Waals surface area contributed by atoms with E-state index < -0.39 is 0 Å². The maximum atomic E-state index is 13.3. The van der Waals surface area contributed by atoms with Gasteiger partial charge in [-0.1, -0.05) is 61.0 Å². The summed E-state index contributed by atoms with van der Waals surface area (Å²) in [6, 6.07) is 17.8. The number of carbonyl (C=O) groups excluding carboxylic acids is 2. The van der Waals surface area contributed by atoms with Crippen LogP contribution in [0.5, 0.6) is 0 Å². The molecule has 1 saturated carbocycles. The zero-order valence-corrected chi connectivity index (χ0v) is 24.3. The molecule has 4 nitrogen and oxygen atoms in total. The Morgan fingerprint density at radius 2 is 1.56 bits per heavy atom. The van der Waals surface area contributed by atoms with Gasteiger partial charge in [0.2, 0.25) is 5.91 Å². The summed E-state index contributed by atoms with van der Waals surface area (Å²) in [6.45, 7) is 11.2. The topological polar surface area (TPSA) is 40.6 Å². The summed E-state index contributed by atoms with van der Waals surface area (Å²) in [5.74, 6) is 2.54. The fraction of sp³-hybridized carbons (Fsp3) is 0.543. The van der Waals surface area contributed by atoms with E-state index in [4.69, 9.17) is 0 Å². The number of benzene rings is 2. The van der Waals surface area contributed by atoms with Gasteiger partial charge in [0, 0.05) is 50.1 Å². The Morgan fingerprint density at radius 1 is 0.846 bits per heavy atom. The summed E-state index contributed by atoms with van der Waals surface area (Å²) in [5, 5.41) is 0. The van der Waals surface area contributed by atoms with Crippen LogP contribution < -0.4 is 4.90 Å². The maximum absolute atomic E-state index is 13.3. The van der Waals surface area contributed by atoms with Gasteiger partial charge < -0.3 is 9.80 Å². The molecule has 0 N–H and O–H groups in total. The first-order valence-corrected chi connectivity index (χ1v) is 15.2. The summed E-state index contributed by atoms with van der Waals surface area (Å²) < 4.78 is 0. The van der Waals surface area contributed by atoms with Crippen LogP contribution in [0, 0.1) is 37.5 Å². The first kappa shape index (κ1) is 27.7. The number of Topliss-reactive ketones (excluding diaryl/α,β-unsaturated/α-hetero) is 1. The van der Waals surface area contributed by atoms with Gasteiger partial charge in [0.15, 0.2) is 0 Å². The Labute approximate surface area is 235 Å². The largest absolute Gasteiger partial charge is 0.365 e. The molecule has 5 rings (SSSR count). The van der Waals surface area contributed by atoms with Crippen molar-refractivity contribution in [2.45, 2.75) is 78.2 Å². The average molecular weight is 527 g/mol. The Balaban J connectivity index is 1.06. The molecule has 6 unspecified atom stereocenters. The standard InChI is InChI=1S/C35H46N2O2/c1-24-7-5-9-30(17-24)33-14-13-31(19-26(33)3)34(38)21-28-11-12-29(20-28)22-35(39)36-15-16-37(27(4)23-36)32-10-6-8-25(2)18-32/h5-12,17-18,26-29,31,33H,13-16,19-23H2,1-4H3. The highest BCUT2D eigenvalue weighted by atomic mass is 16.2. The molecular formula is C35H46N2O2. The third-order valence-electron chi connectivity index (χ3n) is 9.57. The molecular weight excluding hydrogens is 480 g/mol. The second kappa shape index (κ2) is 12.1. The summed E-state index contributed by atoms with van der Waals surface area (Å²) >= 11 is 0. The van der Waals surface area contributed by atoms with E-state index in [1.807, 2.05) is 0 Å². The predicted octanol–water partition coefficient (Wildman–Crippen LogP) is 7.10. The quantitative estimate of drug-likeness (QED) is 0.361. The third-order valence-corrected chi connectivity index (χ3v) is 9.57. The van der Waals surface area contributed by atoms with Crippen LogP contribution in [-0.2, 0) is 9.59 Å². The van der Waals surface area contributed by atoms with Gasteiger partial charge in [-0.3, -0.25) is 9.59 Å². The normalized spacial score (nSPS) is 29.0. The lowest BCUT2D eigenvalue weighted by Crippen LogP contribution is -2.54. The van der Waals surface area contributed by atoms with E-state index in [1.54, 1.807) is 0 Å². The SMILES string of the molecule is Cc1cccc(C2CCC(C(=O)CC3C=CC(CC(=O)N4CCN(c5cccc(C)c5)C(C)C4)C3)CC2C)c1. The molecule has 208 valence electrons. The number of rotatable bonds is 7. The van der Waals surface area contributed by atoms with Crippen molar-refractivity contribution in [3.63, 3.8) is 0 Å². The fourth-order valence-corrected chi connectivity index (χ4v) is 7.40. The number of hydrogen-bond acceptors (Lipinski definition) is 3. The summed E-state index contributed by atoms with van der Waals surface area (Å²) in [7, 11) is 0. The lowest BCUT2D eigenvalue weighted by molar-refractivity contribution is -0.132. The van der Waals surface area contributed by atoms with Gasteiger partial charge in [0.1, 0.15) is 5.78 Å². The van der Waals surface area contributed by atoms with E-state index in [2.05, 4.69) is 98.2 Å². The molecule has 1 heterocycles. The minimum Gasteiger partial charge on any atom is -0.365 e. The van der Waals surface area contributed by atoms with Crippen molar-refractivity contribution in [3.8, 4) is 0 Å². The van der Waals surface area contributed by atoms with Crippen LogP contribution in [0.25, 0.3) is 0 Å². The lowest BCUT2D eigenvalue weighted by Gasteiger charge is -2.41. The zero-order chi connectivity index (χ0) is 27.5. The Morgan fingerprint density at radius 3 is 2.26 bits per heavy atom. The Kier molecular flexibility index (Phi) is 8.59. The molecule has 1 amide bonds. The van der Waals surface area contributed by atoms with Crippen molar-refractivity contribution in [3.05, 3.63) is 77.4 Å². The van der Waals surface area contributed by atoms with Gasteiger partial charge in [0.25, 0.3) is 0 Å². The predicted molar refractivity (Wildman–Crippen MR) is 160 cm³/mol. The number of anilines is 1. The third kappa shape index (κ3) is 6.65. The maximum Gasteiger partial charge on any atom is 0.223 e. The second-order valence-electron chi connectivity index (χ2n) is 12.7. The van der Waals surface area contributed by atoms with Crippen LogP contribution in [-0.4, -0.2) is 42.3 Å². The van der Waals surface area contributed by atoms with Crippen LogP contribution >= 0.6 is 0 Å². The van der Waals surface area contributed by atoms with Crippen LogP contribution in [0.15, 0.2) is 60.7 Å². The number of hydrogen-bond donors (Lipinski definition) is 0. The monoisotopic (exact) mass is 526 g/mol. The van der Waals surface area contributed by atoms with Gasteiger partial charge in [-0.15, -0.1) is 0 Å². The summed E-state index contributed by atoms with van der Waals surface area (Å²) in [4.78, 5) is 30.9. The Bertz CT molecular complexity index is 1110. The van der Waals surface area contributed by atoms with Crippen LogP contribution in [0.2, 0.25) is 0 Å². The molecule has 0 aromatic heterocycles. The van der Waals surface area contributed by atoms with Crippen molar-refractivity contribution < 1.29 is 9.59 Å². The number of aryl methyl sites for hydroxylation is 2. The molecule has 0 spiro atoms. The summed E-state index contributed by atoms with van der Waals surface area (Å²) in [6.07, 6.45) is 9.68. The van der Waals surface area contributed by atoms with Crippen molar-refractivity contribution in [2.24, 2.45) is 23.7 Å². The van der Waals surface area contributed by atoms with E-state index >= 15 is 0 Å². The zero-order valence-electron chi connectivity index (χ0n) is 24.3. The molecule has 2 aromatic rings. The molecule has 2 aliphatic carbocycles. The first-order valence-electron chi connectivity index (χ1n) is 15.2. The van der Waals surface area contributed by atoms with Crippen molar-refractivity contribution in [1.82, 2.24) is 4.90 Å². The molecule has 1 saturated heterocycles. The number of ketones is 1. The van der Waals surface area contributed by atoms with Gasteiger partial charge >= 0.3 is 0 Å². The van der Waals surface area contributed by atoms with E-state index in [0.717, 1.165) is 45.3 Å². The van der Waals surface area contributed by atoms with Crippen LogP contribution in [0.3, 0.4) is 0 Å². The highest BCUT2D eigenvalue weighted by Crippen LogP contribution is 2.42. The van der Waals surface area contributed by atoms with Gasteiger partial charge in [-0.05, 0) is 93.4 Å². The number of carbonyl (C=O) groups is 2. The number of allylic oxidation sites excluding steroid dienone is 2. The fourth-order valence-electron chi connectivity index (χ4n) is 7.40. The van der Waals surface area contributed by atoms with Gasteiger partial charge in [-0.2, -0.15) is 0 Å². The number of piperazine rings is 1. The van der Waals surface area contributed by atoms with Crippen LogP contribution in [0.4, 0.5) is 5.69 Å². The highest BCUT2D eigenvalue weighted by Gasteiger charge is 2.34. The molecule has 2 fully saturated rings. The Hall–Kier alpha value is -2.88. The van der Waals surface area contributed by atoms with E-state index in [0.29, 0.717) is 36.5 Å². The van der Waals surface area contributed by atoms with E-state index in [1.165, 1.54) is 22.4 Å². The molecule has 2 aromatic carbocycles. The minimum absolute atomic E-state index is 0.196. The average Bonchev–Trinajstić information content (AvgIpc) is 3.34. The van der Waals surface area contributed by atoms with E-state index in [9.17, 15) is 9.59 Å². The molecule has 0 bridgehead atoms. The molecule has 1 aliphatic heterocycles. The lowest BCUT2D eigenvalue weighted by atomic mass is 9.70. The summed E-state index contributed by atoms with van der Waals surface area (Å²) in [5.41, 5.74) is 5.27. The first-order chi connectivity index (χ1) is 18.8. The minimum atomic E-state index is 0.196. The van der Waals surface area contributed by atoms with Crippen molar-refractivity contribution >= 4 is 17.4 Å². The van der Waals surface area contributed by atoms with Crippen LogP contribution in [0.1, 0.15) is 75.0 Å². The molecule has 3 aliphatic rings. The molecule has 39 heavy (non-hydrogen) atoms. The molecule has 0 radical (unpaired) electrons. The van der Waals surface area contributed by atoms with Gasteiger partial charge in [-0.25, -0.2) is 0 Å². The van der Waals surface area contributed by atoms with E-state index in [-0.39, 0.29) is 23.7 Å². The molecule has 4 heteroatoms. The molecule has 6 atom stereocenters. The van der Waals surface area contributed by atoms with Crippen molar-refractivity contribution in [2.75, 3.05) is 24.5 Å². The number of amides is 1. The number of nitrogens with zero attached hydrogens (tertiary/aromatic N) is 2. The van der Waals surface area contributed by atoms with Gasteiger partial charge in [0.05, 0.1) is 0 Å². The smallest absolute Gasteiger partial charge is 0.223 e. The highest BCUT2D eigenvalue weighted by molar-refractivity contribution is 5.82. The van der Waals surface area contributed by atoms with Crippen molar-refractivity contribution in [1.29, 1.82) is 0 Å².